The van der Waals surface area contributed by atoms with Gasteiger partial charge < -0.3 is 5.11 Å². The van der Waals surface area contributed by atoms with Crippen LogP contribution in [0.1, 0.15) is 12.0 Å². The SMILES string of the molecule is O=C(O)CC1CN(Cc2ccccc2Br)C1. The van der Waals surface area contributed by atoms with Crippen molar-refractivity contribution in [3.05, 3.63) is 34.3 Å². The van der Waals surface area contributed by atoms with Crippen LogP contribution in [0.5, 0.6) is 0 Å². The molecule has 0 radical (unpaired) electrons. The van der Waals surface area contributed by atoms with Crippen molar-refractivity contribution in [1.82, 2.24) is 4.90 Å². The maximum Gasteiger partial charge on any atom is 0.303 e. The zero-order valence-corrected chi connectivity index (χ0v) is 10.5. The molecule has 1 fully saturated rings. The number of aliphatic carboxylic acids is 1. The first-order valence-corrected chi connectivity index (χ1v) is 6.12. The van der Waals surface area contributed by atoms with Crippen LogP contribution in [0.4, 0.5) is 0 Å². The van der Waals surface area contributed by atoms with E-state index in [9.17, 15) is 4.79 Å². The number of halogens is 1. The van der Waals surface area contributed by atoms with Gasteiger partial charge in [-0.25, -0.2) is 0 Å². The molecule has 0 unspecified atom stereocenters. The van der Waals surface area contributed by atoms with Crippen LogP contribution in [0.15, 0.2) is 28.7 Å². The summed E-state index contributed by atoms with van der Waals surface area (Å²) in [6, 6.07) is 8.14. The van der Waals surface area contributed by atoms with Gasteiger partial charge in [-0.3, -0.25) is 9.69 Å². The van der Waals surface area contributed by atoms with Gasteiger partial charge in [-0.2, -0.15) is 0 Å². The topological polar surface area (TPSA) is 40.5 Å². The molecule has 2 rings (SSSR count). The van der Waals surface area contributed by atoms with E-state index in [0.717, 1.165) is 24.1 Å². The largest absolute Gasteiger partial charge is 0.481 e. The van der Waals surface area contributed by atoms with Crippen molar-refractivity contribution in [2.24, 2.45) is 5.92 Å². The van der Waals surface area contributed by atoms with Crippen molar-refractivity contribution in [2.75, 3.05) is 13.1 Å². The molecule has 0 spiro atoms. The predicted molar refractivity (Wildman–Crippen MR) is 65.2 cm³/mol. The first-order chi connectivity index (χ1) is 7.65. The predicted octanol–water partition coefficient (Wildman–Crippen LogP) is 2.36. The van der Waals surface area contributed by atoms with Crippen molar-refractivity contribution in [2.45, 2.75) is 13.0 Å². The fourth-order valence-corrected chi connectivity index (χ4v) is 2.46. The van der Waals surface area contributed by atoms with E-state index in [1.165, 1.54) is 5.56 Å². The van der Waals surface area contributed by atoms with E-state index in [2.05, 4.69) is 26.9 Å². The third kappa shape index (κ3) is 2.83. The number of benzene rings is 1. The lowest BCUT2D eigenvalue weighted by molar-refractivity contribution is -0.139. The number of rotatable bonds is 4. The zero-order chi connectivity index (χ0) is 11.5. The summed E-state index contributed by atoms with van der Waals surface area (Å²) in [6.07, 6.45) is 0.298. The Hall–Kier alpha value is -0.870. The monoisotopic (exact) mass is 283 g/mol. The van der Waals surface area contributed by atoms with Crippen molar-refractivity contribution in [1.29, 1.82) is 0 Å². The second-order valence-electron chi connectivity index (χ2n) is 4.25. The van der Waals surface area contributed by atoms with Crippen LogP contribution in [0.25, 0.3) is 0 Å². The van der Waals surface area contributed by atoms with Crippen LogP contribution in [-0.4, -0.2) is 29.1 Å². The quantitative estimate of drug-likeness (QED) is 0.922. The Bertz CT molecular complexity index is 388. The molecular weight excluding hydrogens is 270 g/mol. The average molecular weight is 284 g/mol. The number of hydrogen-bond donors (Lipinski definition) is 1. The Kier molecular flexibility index (Phi) is 3.61. The van der Waals surface area contributed by atoms with Crippen molar-refractivity contribution >= 4 is 21.9 Å². The minimum atomic E-state index is -0.689. The van der Waals surface area contributed by atoms with E-state index in [1.807, 2.05) is 18.2 Å². The second-order valence-corrected chi connectivity index (χ2v) is 5.10. The molecule has 1 N–H and O–H groups in total. The fraction of sp³-hybridized carbons (Fsp3) is 0.417. The minimum absolute atomic E-state index is 0.298. The number of carboxylic acids is 1. The maximum absolute atomic E-state index is 10.5. The summed E-state index contributed by atoms with van der Waals surface area (Å²) < 4.78 is 1.12. The van der Waals surface area contributed by atoms with E-state index >= 15 is 0 Å². The van der Waals surface area contributed by atoms with Crippen molar-refractivity contribution in [3.63, 3.8) is 0 Å². The molecule has 1 heterocycles. The third-order valence-corrected chi connectivity index (χ3v) is 3.62. The molecular formula is C12H14BrNO2. The zero-order valence-electron chi connectivity index (χ0n) is 8.90. The average Bonchev–Trinajstić information content (AvgIpc) is 2.17. The van der Waals surface area contributed by atoms with E-state index < -0.39 is 5.97 Å². The Balaban J connectivity index is 1.82. The summed E-state index contributed by atoms with van der Waals surface area (Å²) in [5.41, 5.74) is 1.26. The summed E-state index contributed by atoms with van der Waals surface area (Å²) in [7, 11) is 0. The summed E-state index contributed by atoms with van der Waals surface area (Å²) in [5, 5.41) is 8.64. The second kappa shape index (κ2) is 4.97. The highest BCUT2D eigenvalue weighted by molar-refractivity contribution is 9.10. The lowest BCUT2D eigenvalue weighted by atomic mass is 9.96. The maximum atomic E-state index is 10.5. The van der Waals surface area contributed by atoms with Gasteiger partial charge in [-0.05, 0) is 17.5 Å². The van der Waals surface area contributed by atoms with Crippen molar-refractivity contribution in [3.8, 4) is 0 Å². The fourth-order valence-electron chi connectivity index (χ4n) is 2.05. The van der Waals surface area contributed by atoms with Crippen LogP contribution in [0.2, 0.25) is 0 Å². The standard InChI is InChI=1S/C12H14BrNO2/c13-11-4-2-1-3-10(11)8-14-6-9(7-14)5-12(15)16/h1-4,9H,5-8H2,(H,15,16). The normalized spacial score (nSPS) is 17.1. The molecule has 1 aliphatic heterocycles. The molecule has 3 nitrogen and oxygen atoms in total. The van der Waals surface area contributed by atoms with Gasteiger partial charge in [0.25, 0.3) is 0 Å². The molecule has 0 bridgehead atoms. The molecule has 86 valence electrons. The van der Waals surface area contributed by atoms with Gasteiger partial charge in [-0.1, -0.05) is 34.1 Å². The van der Waals surface area contributed by atoms with E-state index in [0.29, 0.717) is 12.3 Å². The molecule has 0 amide bonds. The molecule has 1 aliphatic rings. The van der Waals surface area contributed by atoms with E-state index in [4.69, 9.17) is 5.11 Å². The van der Waals surface area contributed by atoms with Gasteiger partial charge in [0.2, 0.25) is 0 Å². The van der Waals surface area contributed by atoms with Crippen LogP contribution >= 0.6 is 15.9 Å². The lowest BCUT2D eigenvalue weighted by Gasteiger charge is -2.38. The van der Waals surface area contributed by atoms with Crippen LogP contribution in [0, 0.1) is 5.92 Å². The molecule has 16 heavy (non-hydrogen) atoms. The van der Waals surface area contributed by atoms with Crippen LogP contribution in [-0.2, 0) is 11.3 Å². The molecule has 0 aromatic heterocycles. The lowest BCUT2D eigenvalue weighted by Crippen LogP contribution is -2.46. The Morgan fingerprint density at radius 2 is 2.12 bits per heavy atom. The third-order valence-electron chi connectivity index (χ3n) is 2.85. The highest BCUT2D eigenvalue weighted by Gasteiger charge is 2.28. The number of nitrogens with zero attached hydrogens (tertiary/aromatic N) is 1. The first-order valence-electron chi connectivity index (χ1n) is 5.32. The molecule has 0 aliphatic carbocycles. The molecule has 1 aromatic carbocycles. The van der Waals surface area contributed by atoms with Crippen LogP contribution < -0.4 is 0 Å². The summed E-state index contributed by atoms with van der Waals surface area (Å²) >= 11 is 3.51. The minimum Gasteiger partial charge on any atom is -0.481 e. The number of likely N-dealkylation sites (tertiary alicyclic amines) is 1. The van der Waals surface area contributed by atoms with E-state index in [1.54, 1.807) is 0 Å². The highest BCUT2D eigenvalue weighted by atomic mass is 79.9. The number of carboxylic acid groups (broad SMARTS) is 1. The number of carbonyl (C=O) groups is 1. The highest BCUT2D eigenvalue weighted by Crippen LogP contribution is 2.24. The molecule has 1 saturated heterocycles. The summed E-state index contributed by atoms with van der Waals surface area (Å²) in [5.74, 6) is -0.356. The molecule has 0 atom stereocenters. The number of hydrogen-bond acceptors (Lipinski definition) is 2. The first kappa shape index (κ1) is 11.6. The Morgan fingerprint density at radius 1 is 1.44 bits per heavy atom. The van der Waals surface area contributed by atoms with Gasteiger partial charge in [0.05, 0.1) is 6.42 Å². The Labute approximate surface area is 103 Å². The van der Waals surface area contributed by atoms with Crippen LogP contribution in [0.3, 0.4) is 0 Å². The van der Waals surface area contributed by atoms with Gasteiger partial charge >= 0.3 is 5.97 Å². The van der Waals surface area contributed by atoms with Gasteiger partial charge in [-0.15, -0.1) is 0 Å². The van der Waals surface area contributed by atoms with Gasteiger partial charge in [0, 0.05) is 24.1 Å². The van der Waals surface area contributed by atoms with Crippen molar-refractivity contribution < 1.29 is 9.90 Å². The molecule has 0 saturated carbocycles. The summed E-state index contributed by atoms with van der Waals surface area (Å²) in [4.78, 5) is 12.8. The molecule has 1 aromatic rings. The van der Waals surface area contributed by atoms with Gasteiger partial charge in [0.15, 0.2) is 0 Å². The summed E-state index contributed by atoms with van der Waals surface area (Å²) in [6.45, 7) is 2.69. The smallest absolute Gasteiger partial charge is 0.303 e. The van der Waals surface area contributed by atoms with Gasteiger partial charge in [0.1, 0.15) is 0 Å². The Morgan fingerprint density at radius 3 is 2.75 bits per heavy atom. The van der Waals surface area contributed by atoms with E-state index in [-0.39, 0.29) is 0 Å². The molecule has 4 heteroatoms.